The molecular weight excluding hydrogens is 316 g/mol. The third-order valence-electron chi connectivity index (χ3n) is 3.27. The first kappa shape index (κ1) is 13.2. The van der Waals surface area contributed by atoms with Gasteiger partial charge in [-0.15, -0.1) is 0 Å². The molecule has 0 saturated carbocycles. The number of fused-ring (bicyclic) bond motifs is 1. The van der Waals surface area contributed by atoms with Gasteiger partial charge in [0.15, 0.2) is 5.82 Å². The lowest BCUT2D eigenvalue weighted by atomic mass is 10.2. The van der Waals surface area contributed by atoms with E-state index >= 15 is 0 Å². The molecule has 0 unspecified atom stereocenters. The van der Waals surface area contributed by atoms with Crippen molar-refractivity contribution in [2.75, 3.05) is 0 Å². The maximum atomic E-state index is 5.82. The normalized spacial score (nSPS) is 10.9. The zero-order valence-electron chi connectivity index (χ0n) is 11.4. The number of hydrogen-bond acceptors (Lipinski definition) is 2. The van der Waals surface area contributed by atoms with E-state index in [4.69, 9.17) is 4.74 Å². The maximum absolute atomic E-state index is 5.82. The van der Waals surface area contributed by atoms with Crippen LogP contribution in [0.4, 0.5) is 0 Å². The minimum Gasteiger partial charge on any atom is -0.486 e. The number of benzene rings is 1. The fraction of sp³-hybridized carbons (Fsp3) is 0.188. The first-order chi connectivity index (χ1) is 9.65. The van der Waals surface area contributed by atoms with E-state index in [0.29, 0.717) is 6.61 Å². The molecule has 0 spiro atoms. The number of ether oxygens (including phenoxy) is 1. The number of halogens is 1. The summed E-state index contributed by atoms with van der Waals surface area (Å²) < 4.78 is 8.78. The molecule has 0 aliphatic rings. The molecule has 0 aliphatic carbocycles. The topological polar surface area (TPSA) is 26.5 Å². The van der Waals surface area contributed by atoms with Gasteiger partial charge in [-0.25, -0.2) is 4.98 Å². The summed E-state index contributed by atoms with van der Waals surface area (Å²) in [7, 11) is 0. The summed E-state index contributed by atoms with van der Waals surface area (Å²) in [6, 6.07) is 14.2. The Kier molecular flexibility index (Phi) is 3.49. The van der Waals surface area contributed by atoms with Gasteiger partial charge in [-0.1, -0.05) is 23.8 Å². The Hall–Kier alpha value is -1.81. The standard InChI is InChI=1S/C16H15BrN2O/c1-11-6-8-13(9-7-11)20-10-15-18-16(17)14-5-3-4-12(2)19(14)15/h3-9H,10H2,1-2H3. The fourth-order valence-corrected chi connectivity index (χ4v) is 2.74. The highest BCUT2D eigenvalue weighted by molar-refractivity contribution is 9.10. The Bertz CT molecular complexity index is 747. The quantitative estimate of drug-likeness (QED) is 0.716. The number of rotatable bonds is 3. The molecule has 0 atom stereocenters. The Morgan fingerprint density at radius 3 is 2.60 bits per heavy atom. The van der Waals surface area contributed by atoms with Crippen LogP contribution in [0.1, 0.15) is 17.1 Å². The number of nitrogens with zero attached hydrogens (tertiary/aromatic N) is 2. The Balaban J connectivity index is 1.89. The summed E-state index contributed by atoms with van der Waals surface area (Å²) in [5.41, 5.74) is 3.43. The van der Waals surface area contributed by atoms with E-state index < -0.39 is 0 Å². The molecule has 0 radical (unpaired) electrons. The van der Waals surface area contributed by atoms with Gasteiger partial charge in [0.05, 0.1) is 5.52 Å². The molecule has 3 aromatic rings. The third-order valence-corrected chi connectivity index (χ3v) is 3.85. The molecular formula is C16H15BrN2O. The molecule has 20 heavy (non-hydrogen) atoms. The van der Waals surface area contributed by atoms with Crippen molar-refractivity contribution in [3.63, 3.8) is 0 Å². The molecule has 1 aromatic carbocycles. The summed E-state index contributed by atoms with van der Waals surface area (Å²) in [4.78, 5) is 4.54. The lowest BCUT2D eigenvalue weighted by molar-refractivity contribution is 0.295. The molecule has 3 rings (SSSR count). The minimum absolute atomic E-state index is 0.445. The van der Waals surface area contributed by atoms with Crippen molar-refractivity contribution in [3.05, 3.63) is 64.1 Å². The van der Waals surface area contributed by atoms with Crippen molar-refractivity contribution >= 4 is 21.4 Å². The highest BCUT2D eigenvalue weighted by atomic mass is 79.9. The smallest absolute Gasteiger partial charge is 0.152 e. The van der Waals surface area contributed by atoms with E-state index in [1.165, 1.54) is 5.56 Å². The van der Waals surface area contributed by atoms with E-state index in [2.05, 4.69) is 45.2 Å². The van der Waals surface area contributed by atoms with Crippen molar-refractivity contribution in [2.45, 2.75) is 20.5 Å². The molecule has 4 heteroatoms. The number of hydrogen-bond donors (Lipinski definition) is 0. The first-order valence-corrected chi connectivity index (χ1v) is 7.26. The average molecular weight is 331 g/mol. The van der Waals surface area contributed by atoms with Gasteiger partial charge in [0.25, 0.3) is 0 Å². The summed E-state index contributed by atoms with van der Waals surface area (Å²) in [6.45, 7) is 4.57. The number of aromatic nitrogens is 2. The second kappa shape index (κ2) is 5.29. The van der Waals surface area contributed by atoms with Crippen LogP contribution in [-0.4, -0.2) is 9.38 Å². The van der Waals surface area contributed by atoms with Crippen LogP contribution < -0.4 is 4.74 Å². The number of aryl methyl sites for hydroxylation is 2. The van der Waals surface area contributed by atoms with Crippen LogP contribution >= 0.6 is 15.9 Å². The van der Waals surface area contributed by atoms with Gasteiger partial charge in [-0.3, -0.25) is 4.40 Å². The SMILES string of the molecule is Cc1ccc(OCc2nc(Br)c3cccc(C)n23)cc1. The van der Waals surface area contributed by atoms with Gasteiger partial charge in [0.1, 0.15) is 17.0 Å². The van der Waals surface area contributed by atoms with Crippen LogP contribution in [-0.2, 0) is 6.61 Å². The molecule has 0 amide bonds. The Morgan fingerprint density at radius 2 is 1.85 bits per heavy atom. The Labute approximate surface area is 126 Å². The molecule has 2 heterocycles. The van der Waals surface area contributed by atoms with Crippen LogP contribution in [0, 0.1) is 13.8 Å². The zero-order chi connectivity index (χ0) is 14.1. The summed E-state index contributed by atoms with van der Waals surface area (Å²) in [5, 5.41) is 0. The molecule has 0 fully saturated rings. The maximum Gasteiger partial charge on any atom is 0.152 e. The summed E-state index contributed by atoms with van der Waals surface area (Å²) in [5.74, 6) is 1.75. The van der Waals surface area contributed by atoms with Crippen molar-refractivity contribution < 1.29 is 4.74 Å². The van der Waals surface area contributed by atoms with Crippen molar-refractivity contribution in [3.8, 4) is 5.75 Å². The largest absolute Gasteiger partial charge is 0.486 e. The van der Waals surface area contributed by atoms with Gasteiger partial charge >= 0.3 is 0 Å². The predicted octanol–water partition coefficient (Wildman–Crippen LogP) is 4.29. The lowest BCUT2D eigenvalue weighted by Crippen LogP contribution is -2.03. The van der Waals surface area contributed by atoms with Crippen LogP contribution in [0.3, 0.4) is 0 Å². The fourth-order valence-electron chi connectivity index (χ4n) is 2.22. The van der Waals surface area contributed by atoms with Gasteiger partial charge in [-0.2, -0.15) is 0 Å². The van der Waals surface area contributed by atoms with Gasteiger partial charge in [-0.05, 0) is 54.0 Å². The van der Waals surface area contributed by atoms with E-state index in [9.17, 15) is 0 Å². The molecule has 0 saturated heterocycles. The van der Waals surface area contributed by atoms with Crippen LogP contribution in [0.15, 0.2) is 47.1 Å². The lowest BCUT2D eigenvalue weighted by Gasteiger charge is -2.07. The minimum atomic E-state index is 0.445. The van der Waals surface area contributed by atoms with Crippen LogP contribution in [0.25, 0.3) is 5.52 Å². The highest BCUT2D eigenvalue weighted by Gasteiger charge is 2.10. The number of pyridine rings is 1. The van der Waals surface area contributed by atoms with Crippen molar-refractivity contribution in [1.29, 1.82) is 0 Å². The van der Waals surface area contributed by atoms with E-state index in [1.54, 1.807) is 0 Å². The number of imidazole rings is 1. The van der Waals surface area contributed by atoms with Crippen molar-refractivity contribution in [1.82, 2.24) is 9.38 Å². The molecule has 102 valence electrons. The average Bonchev–Trinajstić information content (AvgIpc) is 2.77. The molecule has 3 nitrogen and oxygen atoms in total. The van der Waals surface area contributed by atoms with E-state index in [0.717, 1.165) is 27.4 Å². The molecule has 0 N–H and O–H groups in total. The van der Waals surface area contributed by atoms with E-state index in [-0.39, 0.29) is 0 Å². The van der Waals surface area contributed by atoms with Gasteiger partial charge in [0.2, 0.25) is 0 Å². The Morgan fingerprint density at radius 1 is 1.10 bits per heavy atom. The van der Waals surface area contributed by atoms with Gasteiger partial charge in [0, 0.05) is 5.69 Å². The van der Waals surface area contributed by atoms with E-state index in [1.807, 2.05) is 36.4 Å². The van der Waals surface area contributed by atoms with Crippen molar-refractivity contribution in [2.24, 2.45) is 0 Å². The van der Waals surface area contributed by atoms with Crippen LogP contribution in [0.2, 0.25) is 0 Å². The summed E-state index contributed by atoms with van der Waals surface area (Å²) in [6.07, 6.45) is 0. The highest BCUT2D eigenvalue weighted by Crippen LogP contribution is 2.22. The molecule has 2 aromatic heterocycles. The third kappa shape index (κ3) is 2.43. The molecule has 0 bridgehead atoms. The monoisotopic (exact) mass is 330 g/mol. The second-order valence-corrected chi connectivity index (χ2v) is 5.56. The molecule has 0 aliphatic heterocycles. The van der Waals surface area contributed by atoms with Gasteiger partial charge < -0.3 is 4.74 Å². The predicted molar refractivity (Wildman–Crippen MR) is 83.1 cm³/mol. The zero-order valence-corrected chi connectivity index (χ0v) is 13.0. The van der Waals surface area contributed by atoms with Crippen LogP contribution in [0.5, 0.6) is 5.75 Å². The summed E-state index contributed by atoms with van der Waals surface area (Å²) >= 11 is 3.50. The first-order valence-electron chi connectivity index (χ1n) is 6.47. The second-order valence-electron chi connectivity index (χ2n) is 4.81.